The Morgan fingerprint density at radius 1 is 1.37 bits per heavy atom. The fourth-order valence-corrected chi connectivity index (χ4v) is 3.04. The number of carbonyl (C=O) groups is 1. The maximum atomic E-state index is 11.9. The maximum absolute atomic E-state index is 11.9. The first-order valence-electron chi connectivity index (χ1n) is 6.36. The summed E-state index contributed by atoms with van der Waals surface area (Å²) in [6.45, 7) is 7.41. The fourth-order valence-electron chi connectivity index (χ4n) is 1.60. The van der Waals surface area contributed by atoms with Crippen molar-refractivity contribution in [3.8, 4) is 0 Å². The van der Waals surface area contributed by atoms with Crippen LogP contribution in [0.3, 0.4) is 0 Å². The Bertz CT molecular complexity index is 366. The van der Waals surface area contributed by atoms with E-state index in [2.05, 4.69) is 5.32 Å². The molecular weight excluding hydrogens is 270 g/mol. The molecule has 114 valence electrons. The van der Waals surface area contributed by atoms with E-state index >= 15 is 0 Å². The zero-order valence-electron chi connectivity index (χ0n) is 12.1. The lowest BCUT2D eigenvalue weighted by molar-refractivity contribution is -0.151. The third-order valence-corrected chi connectivity index (χ3v) is 3.77. The van der Waals surface area contributed by atoms with Gasteiger partial charge in [-0.2, -0.15) is 0 Å². The van der Waals surface area contributed by atoms with Crippen LogP contribution in [0.1, 0.15) is 34.1 Å². The second-order valence-corrected chi connectivity index (χ2v) is 7.52. The second-order valence-electron chi connectivity index (χ2n) is 5.41. The lowest BCUT2D eigenvalue weighted by Gasteiger charge is -2.20. The Hall–Kier alpha value is -0.660. The number of ether oxygens (including phenoxy) is 1. The van der Waals surface area contributed by atoms with Crippen molar-refractivity contribution >= 4 is 15.8 Å². The topological polar surface area (TPSA) is 92.7 Å². The van der Waals surface area contributed by atoms with Gasteiger partial charge >= 0.3 is 5.97 Å². The third-order valence-electron chi connectivity index (χ3n) is 2.18. The number of hydrogen-bond acceptors (Lipinski definition) is 6. The van der Waals surface area contributed by atoms with Crippen molar-refractivity contribution in [2.75, 3.05) is 24.7 Å². The van der Waals surface area contributed by atoms with Crippen LogP contribution >= 0.6 is 0 Å². The Morgan fingerprint density at radius 2 is 1.95 bits per heavy atom. The average molecular weight is 295 g/mol. The van der Waals surface area contributed by atoms with Crippen LogP contribution in [0.4, 0.5) is 0 Å². The molecule has 0 spiro atoms. The van der Waals surface area contributed by atoms with Gasteiger partial charge in [-0.25, -0.2) is 8.42 Å². The first kappa shape index (κ1) is 18.3. The summed E-state index contributed by atoms with van der Waals surface area (Å²) < 4.78 is 28.7. The zero-order valence-corrected chi connectivity index (χ0v) is 12.9. The molecule has 7 heteroatoms. The number of nitrogens with one attached hydrogen (secondary N) is 1. The van der Waals surface area contributed by atoms with Gasteiger partial charge in [-0.15, -0.1) is 0 Å². The molecule has 0 aliphatic rings. The van der Waals surface area contributed by atoms with E-state index in [1.807, 2.05) is 6.92 Å². The van der Waals surface area contributed by atoms with E-state index < -0.39 is 27.2 Å². The van der Waals surface area contributed by atoms with Crippen molar-refractivity contribution in [1.82, 2.24) is 5.32 Å². The summed E-state index contributed by atoms with van der Waals surface area (Å²) in [7, 11) is -3.54. The summed E-state index contributed by atoms with van der Waals surface area (Å²) in [4.78, 5) is 11.5. The van der Waals surface area contributed by atoms with Crippen LogP contribution in [-0.4, -0.2) is 55.8 Å². The predicted molar refractivity (Wildman–Crippen MR) is 73.7 cm³/mol. The minimum Gasteiger partial charge on any atom is -0.459 e. The second kappa shape index (κ2) is 7.81. The number of aliphatic hydroxyl groups excluding tert-OH is 1. The van der Waals surface area contributed by atoms with E-state index in [4.69, 9.17) is 9.84 Å². The molecule has 0 aromatic carbocycles. The van der Waals surface area contributed by atoms with Gasteiger partial charge in [-0.1, -0.05) is 6.92 Å². The van der Waals surface area contributed by atoms with Crippen LogP contribution in [0, 0.1) is 0 Å². The van der Waals surface area contributed by atoms with E-state index in [-0.39, 0.29) is 18.4 Å². The number of hydrogen-bond donors (Lipinski definition) is 2. The standard InChI is InChI=1S/C12H25NO5S/c1-5-13-10(6-7-14)8-19(16,17)9-11(15)18-12(2,3)4/h10,13-14H,5-9H2,1-4H3. The van der Waals surface area contributed by atoms with Crippen LogP contribution in [0.5, 0.6) is 0 Å². The van der Waals surface area contributed by atoms with Gasteiger partial charge in [-0.05, 0) is 33.7 Å². The average Bonchev–Trinajstić information content (AvgIpc) is 2.12. The van der Waals surface area contributed by atoms with E-state index in [1.165, 1.54) is 0 Å². The molecule has 0 amide bonds. The van der Waals surface area contributed by atoms with Gasteiger partial charge in [0.1, 0.15) is 11.4 Å². The van der Waals surface area contributed by atoms with E-state index in [0.717, 1.165) is 0 Å². The van der Waals surface area contributed by atoms with Crippen LogP contribution in [0.25, 0.3) is 0 Å². The van der Waals surface area contributed by atoms with Gasteiger partial charge in [0.2, 0.25) is 0 Å². The monoisotopic (exact) mass is 295 g/mol. The molecule has 0 bridgehead atoms. The van der Waals surface area contributed by atoms with Crippen molar-refractivity contribution in [2.45, 2.75) is 45.8 Å². The Balaban J connectivity index is 4.49. The molecule has 1 unspecified atom stereocenters. The number of esters is 1. The minimum atomic E-state index is -3.54. The molecule has 0 saturated heterocycles. The smallest absolute Gasteiger partial charge is 0.321 e. The lowest BCUT2D eigenvalue weighted by Crippen LogP contribution is -2.39. The first-order valence-corrected chi connectivity index (χ1v) is 8.18. The highest BCUT2D eigenvalue weighted by Crippen LogP contribution is 2.08. The number of aliphatic hydroxyl groups is 1. The molecule has 0 radical (unpaired) electrons. The molecule has 0 aromatic rings. The van der Waals surface area contributed by atoms with Crippen molar-refractivity contribution in [1.29, 1.82) is 0 Å². The molecular formula is C12H25NO5S. The summed E-state index contributed by atoms with van der Waals surface area (Å²) >= 11 is 0. The van der Waals surface area contributed by atoms with Gasteiger partial charge in [0.05, 0.1) is 5.75 Å². The molecule has 0 heterocycles. The molecule has 0 fully saturated rings. The molecule has 0 aliphatic heterocycles. The first-order chi connectivity index (χ1) is 8.59. The lowest BCUT2D eigenvalue weighted by atomic mass is 10.2. The van der Waals surface area contributed by atoms with Gasteiger partial charge in [0.25, 0.3) is 0 Å². The number of rotatable bonds is 8. The molecule has 2 N–H and O–H groups in total. The van der Waals surface area contributed by atoms with Crippen LogP contribution < -0.4 is 5.32 Å². The van der Waals surface area contributed by atoms with Crippen LogP contribution in [-0.2, 0) is 19.4 Å². The largest absolute Gasteiger partial charge is 0.459 e. The highest BCUT2D eigenvalue weighted by molar-refractivity contribution is 7.92. The van der Waals surface area contributed by atoms with E-state index in [0.29, 0.717) is 13.0 Å². The molecule has 0 aliphatic carbocycles. The summed E-state index contributed by atoms with van der Waals surface area (Å²) in [5.41, 5.74) is -0.696. The highest BCUT2D eigenvalue weighted by atomic mass is 32.2. The molecule has 0 aromatic heterocycles. The summed E-state index contributed by atoms with van der Waals surface area (Å²) in [6.07, 6.45) is 0.335. The van der Waals surface area contributed by atoms with Gasteiger partial charge < -0.3 is 15.2 Å². The Kier molecular flexibility index (Phi) is 7.54. The SMILES string of the molecule is CCNC(CCO)CS(=O)(=O)CC(=O)OC(C)(C)C. The highest BCUT2D eigenvalue weighted by Gasteiger charge is 2.25. The summed E-state index contributed by atoms with van der Waals surface area (Å²) in [5, 5.41) is 11.8. The number of sulfone groups is 1. The van der Waals surface area contributed by atoms with Crippen molar-refractivity contribution < 1.29 is 23.1 Å². The van der Waals surface area contributed by atoms with Crippen molar-refractivity contribution in [3.05, 3.63) is 0 Å². The molecule has 6 nitrogen and oxygen atoms in total. The van der Waals surface area contributed by atoms with E-state index in [9.17, 15) is 13.2 Å². The predicted octanol–water partition coefficient (Wildman–Crippen LogP) is 0.103. The Labute approximate surface area is 115 Å². The van der Waals surface area contributed by atoms with Crippen molar-refractivity contribution in [3.63, 3.8) is 0 Å². The van der Waals surface area contributed by atoms with E-state index in [1.54, 1.807) is 20.8 Å². The minimum absolute atomic E-state index is 0.0976. The Morgan fingerprint density at radius 3 is 2.37 bits per heavy atom. The molecule has 19 heavy (non-hydrogen) atoms. The summed E-state index contributed by atoms with van der Waals surface area (Å²) in [6, 6.07) is -0.345. The van der Waals surface area contributed by atoms with Crippen LogP contribution in [0.2, 0.25) is 0 Å². The maximum Gasteiger partial charge on any atom is 0.321 e. The third kappa shape index (κ3) is 9.86. The fraction of sp³-hybridized carbons (Fsp3) is 0.917. The zero-order chi connectivity index (χ0) is 15.1. The van der Waals surface area contributed by atoms with Gasteiger partial charge in [-0.3, -0.25) is 4.79 Å². The van der Waals surface area contributed by atoms with Gasteiger partial charge in [0, 0.05) is 12.6 Å². The normalized spacial score (nSPS) is 14.2. The number of carbonyl (C=O) groups excluding carboxylic acids is 1. The molecule has 0 rings (SSSR count). The van der Waals surface area contributed by atoms with Crippen LogP contribution in [0.15, 0.2) is 0 Å². The van der Waals surface area contributed by atoms with Crippen molar-refractivity contribution in [2.24, 2.45) is 0 Å². The molecule has 1 atom stereocenters. The summed E-state index contributed by atoms with van der Waals surface area (Å²) in [5.74, 6) is -1.55. The van der Waals surface area contributed by atoms with Gasteiger partial charge in [0.15, 0.2) is 9.84 Å². The molecule has 0 saturated carbocycles. The quantitative estimate of drug-likeness (QED) is 0.617.